The van der Waals surface area contributed by atoms with Gasteiger partial charge in [0.15, 0.2) is 0 Å². The summed E-state index contributed by atoms with van der Waals surface area (Å²) in [5, 5.41) is 0. The van der Waals surface area contributed by atoms with Crippen LogP contribution in [0.3, 0.4) is 0 Å². The molecule has 1 aromatic carbocycles. The fraction of sp³-hybridized carbons (Fsp3) is 0.647. The molecule has 1 aromatic rings. The second-order valence-corrected chi connectivity index (χ2v) is 8.90. The summed E-state index contributed by atoms with van der Waals surface area (Å²) in [4.78, 5) is 0.353. The molecule has 1 unspecified atom stereocenters. The van der Waals surface area contributed by atoms with Gasteiger partial charge in [0, 0.05) is 32.3 Å². The van der Waals surface area contributed by atoms with Gasteiger partial charge < -0.3 is 9.47 Å². The molecule has 0 saturated carbocycles. The summed E-state index contributed by atoms with van der Waals surface area (Å²) in [6.45, 7) is 4.90. The van der Waals surface area contributed by atoms with Crippen LogP contribution in [-0.4, -0.2) is 36.0 Å². The molecule has 23 heavy (non-hydrogen) atoms. The Balaban J connectivity index is 2.20. The summed E-state index contributed by atoms with van der Waals surface area (Å²) in [6.07, 6.45) is 2.81. The molecule has 0 amide bonds. The first-order chi connectivity index (χ1) is 10.7. The van der Waals surface area contributed by atoms with Crippen molar-refractivity contribution >= 4 is 9.73 Å². The van der Waals surface area contributed by atoms with Crippen LogP contribution in [0.5, 0.6) is 5.75 Å². The van der Waals surface area contributed by atoms with Gasteiger partial charge in [0.1, 0.15) is 18.0 Å². The van der Waals surface area contributed by atoms with Crippen molar-refractivity contribution in [1.29, 1.82) is 4.78 Å². The summed E-state index contributed by atoms with van der Waals surface area (Å²) >= 11 is 0. The standard InChI is InChI=1S/C17H26FNO3S/c1-13(2)10-14-4-5-15(16(11-14)23(3,19)20)22-12-17(18)6-8-21-9-7-17/h4-5,11,13,19H,6-10,12H2,1-3H3. The fourth-order valence-corrected chi connectivity index (χ4v) is 3.55. The first kappa shape index (κ1) is 18.2. The number of hydrogen-bond donors (Lipinski definition) is 1. The molecule has 1 N–H and O–H groups in total. The third-order valence-electron chi connectivity index (χ3n) is 3.95. The maximum Gasteiger partial charge on any atom is 0.149 e. The van der Waals surface area contributed by atoms with E-state index in [0.717, 1.165) is 12.0 Å². The summed E-state index contributed by atoms with van der Waals surface area (Å²) in [5.41, 5.74) is -0.395. The third kappa shape index (κ3) is 5.18. The van der Waals surface area contributed by atoms with Crippen LogP contribution < -0.4 is 4.74 Å². The molecule has 6 heteroatoms. The monoisotopic (exact) mass is 343 g/mol. The summed E-state index contributed by atoms with van der Waals surface area (Å²) in [6, 6.07) is 5.38. The molecule has 0 bridgehead atoms. The van der Waals surface area contributed by atoms with Gasteiger partial charge in [0.25, 0.3) is 0 Å². The van der Waals surface area contributed by atoms with Crippen molar-refractivity contribution in [1.82, 2.24) is 0 Å². The minimum atomic E-state index is -2.94. The van der Waals surface area contributed by atoms with Gasteiger partial charge >= 0.3 is 0 Å². The summed E-state index contributed by atoms with van der Waals surface area (Å²) < 4.78 is 45.6. The zero-order chi connectivity index (χ0) is 17.1. The van der Waals surface area contributed by atoms with Crippen LogP contribution in [0.25, 0.3) is 0 Å². The SMILES string of the molecule is CC(C)Cc1ccc(OCC2(F)CCOCC2)c(S(C)(=N)=O)c1. The number of halogens is 1. The molecule has 2 rings (SSSR count). The Hall–Kier alpha value is -1.14. The van der Waals surface area contributed by atoms with E-state index in [9.17, 15) is 8.60 Å². The highest BCUT2D eigenvalue weighted by Gasteiger charge is 2.33. The Kier molecular flexibility index (Phi) is 5.68. The Labute approximate surface area is 138 Å². The van der Waals surface area contributed by atoms with E-state index in [1.807, 2.05) is 6.07 Å². The molecule has 1 atom stereocenters. The predicted octanol–water partition coefficient (Wildman–Crippen LogP) is 3.82. The maximum atomic E-state index is 14.6. The van der Waals surface area contributed by atoms with Gasteiger partial charge in [-0.3, -0.25) is 0 Å². The Morgan fingerprint density at radius 1 is 1.39 bits per heavy atom. The Morgan fingerprint density at radius 3 is 2.61 bits per heavy atom. The molecular weight excluding hydrogens is 317 g/mol. The van der Waals surface area contributed by atoms with Crippen LogP contribution in [0.15, 0.2) is 23.1 Å². The molecule has 1 aliphatic heterocycles. The predicted molar refractivity (Wildman–Crippen MR) is 89.4 cm³/mol. The van der Waals surface area contributed by atoms with Crippen LogP contribution in [-0.2, 0) is 20.9 Å². The van der Waals surface area contributed by atoms with Crippen LogP contribution in [0.2, 0.25) is 0 Å². The van der Waals surface area contributed by atoms with Crippen molar-refractivity contribution in [2.24, 2.45) is 5.92 Å². The quantitative estimate of drug-likeness (QED) is 0.854. The van der Waals surface area contributed by atoms with E-state index in [1.165, 1.54) is 6.26 Å². The maximum absolute atomic E-state index is 14.6. The number of nitrogens with one attached hydrogen (secondary N) is 1. The number of rotatable bonds is 6. The first-order valence-electron chi connectivity index (χ1n) is 7.96. The molecule has 1 fully saturated rings. The first-order valence-corrected chi connectivity index (χ1v) is 9.92. The van der Waals surface area contributed by atoms with Gasteiger partial charge in [-0.05, 0) is 30.0 Å². The molecule has 0 aliphatic carbocycles. The van der Waals surface area contributed by atoms with Gasteiger partial charge in [0.2, 0.25) is 0 Å². The average Bonchev–Trinajstić information content (AvgIpc) is 2.45. The lowest BCUT2D eigenvalue weighted by Gasteiger charge is -2.29. The van der Waals surface area contributed by atoms with E-state index < -0.39 is 15.4 Å². The van der Waals surface area contributed by atoms with Crippen molar-refractivity contribution in [3.05, 3.63) is 23.8 Å². The molecule has 0 aromatic heterocycles. The molecule has 1 aliphatic rings. The lowest BCUT2D eigenvalue weighted by molar-refractivity contribution is -0.0328. The zero-order valence-corrected chi connectivity index (χ0v) is 14.9. The van der Waals surface area contributed by atoms with Crippen LogP contribution >= 0.6 is 0 Å². The van der Waals surface area contributed by atoms with E-state index in [-0.39, 0.29) is 6.61 Å². The topological polar surface area (TPSA) is 59.4 Å². The highest BCUT2D eigenvalue weighted by Crippen LogP contribution is 2.30. The summed E-state index contributed by atoms with van der Waals surface area (Å²) in [5.74, 6) is 0.813. The molecule has 0 spiro atoms. The minimum absolute atomic E-state index is 0.0948. The van der Waals surface area contributed by atoms with Crippen molar-refractivity contribution in [2.75, 3.05) is 26.1 Å². The highest BCUT2D eigenvalue weighted by atomic mass is 32.2. The van der Waals surface area contributed by atoms with Gasteiger partial charge in [-0.15, -0.1) is 0 Å². The Morgan fingerprint density at radius 2 is 2.04 bits per heavy atom. The minimum Gasteiger partial charge on any atom is -0.489 e. The Bertz CT molecular complexity index is 637. The summed E-state index contributed by atoms with van der Waals surface area (Å²) in [7, 11) is -2.94. The number of hydrogen-bond acceptors (Lipinski definition) is 4. The smallest absolute Gasteiger partial charge is 0.149 e. The number of ether oxygens (including phenoxy) is 2. The van der Waals surface area contributed by atoms with E-state index in [1.54, 1.807) is 12.1 Å². The van der Waals surface area contributed by atoms with Crippen molar-refractivity contribution < 1.29 is 18.1 Å². The van der Waals surface area contributed by atoms with Crippen LogP contribution in [0.4, 0.5) is 4.39 Å². The zero-order valence-electron chi connectivity index (χ0n) is 14.1. The van der Waals surface area contributed by atoms with E-state index in [4.69, 9.17) is 14.3 Å². The molecule has 130 valence electrons. The largest absolute Gasteiger partial charge is 0.489 e. The lowest BCUT2D eigenvalue weighted by Crippen LogP contribution is -2.37. The van der Waals surface area contributed by atoms with Gasteiger partial charge in [0.05, 0.1) is 14.6 Å². The van der Waals surface area contributed by atoms with Gasteiger partial charge in [-0.1, -0.05) is 19.9 Å². The van der Waals surface area contributed by atoms with Crippen LogP contribution in [0.1, 0.15) is 32.3 Å². The van der Waals surface area contributed by atoms with Crippen molar-refractivity contribution in [2.45, 2.75) is 43.7 Å². The van der Waals surface area contributed by atoms with E-state index in [0.29, 0.717) is 42.6 Å². The molecule has 1 saturated heterocycles. The van der Waals surface area contributed by atoms with Crippen molar-refractivity contribution in [3.63, 3.8) is 0 Å². The van der Waals surface area contributed by atoms with Crippen molar-refractivity contribution in [3.8, 4) is 5.75 Å². The molecule has 1 heterocycles. The van der Waals surface area contributed by atoms with Gasteiger partial charge in [-0.25, -0.2) is 13.4 Å². The normalized spacial score (nSPS) is 20.2. The lowest BCUT2D eigenvalue weighted by atomic mass is 9.98. The van der Waals surface area contributed by atoms with E-state index >= 15 is 0 Å². The number of alkyl halides is 1. The molecule has 0 radical (unpaired) electrons. The fourth-order valence-electron chi connectivity index (χ4n) is 2.66. The van der Waals surface area contributed by atoms with Gasteiger partial charge in [-0.2, -0.15) is 0 Å². The molecular formula is C17H26FNO3S. The van der Waals surface area contributed by atoms with Crippen LogP contribution in [0, 0.1) is 10.7 Å². The van der Waals surface area contributed by atoms with E-state index in [2.05, 4.69) is 13.8 Å². The highest BCUT2D eigenvalue weighted by molar-refractivity contribution is 7.91. The third-order valence-corrected chi connectivity index (χ3v) is 5.11. The second-order valence-electron chi connectivity index (χ2n) is 6.77. The number of benzene rings is 1. The molecule has 4 nitrogen and oxygen atoms in total. The average molecular weight is 343 g/mol. The second kappa shape index (κ2) is 7.18.